The van der Waals surface area contributed by atoms with Crippen LogP contribution < -0.4 is 5.32 Å². The number of hydrogen-bond donors (Lipinski definition) is 2. The summed E-state index contributed by atoms with van der Waals surface area (Å²) in [4.78, 5) is 32.8. The second kappa shape index (κ2) is 5.87. The van der Waals surface area contributed by atoms with E-state index in [9.17, 15) is 19.7 Å². The van der Waals surface area contributed by atoms with E-state index in [2.05, 4.69) is 5.32 Å². The summed E-state index contributed by atoms with van der Waals surface area (Å²) in [5.41, 5.74) is -1.60. The molecule has 0 radical (unpaired) electrons. The number of carboxylic acid groups (broad SMARTS) is 1. The average Bonchev–Trinajstić information content (AvgIpc) is 2.35. The number of nitrogens with one attached hydrogen (secondary N) is 1. The van der Waals surface area contributed by atoms with Crippen molar-refractivity contribution >= 4 is 29.2 Å². The summed E-state index contributed by atoms with van der Waals surface area (Å²) in [6, 6.07) is 3.85. The summed E-state index contributed by atoms with van der Waals surface area (Å²) >= 11 is 5.79. The topological polar surface area (TPSA) is 110 Å². The predicted octanol–water partition coefficient (Wildman–Crippen LogP) is 2.09. The number of halogens is 1. The molecule has 0 spiro atoms. The first-order chi connectivity index (χ1) is 9.16. The van der Waals surface area contributed by atoms with E-state index in [1.54, 1.807) is 0 Å². The zero-order valence-corrected chi connectivity index (χ0v) is 11.6. The highest BCUT2D eigenvalue weighted by atomic mass is 35.5. The maximum Gasteiger partial charge on any atom is 0.310 e. The van der Waals surface area contributed by atoms with Gasteiger partial charge in [-0.05, 0) is 19.9 Å². The molecule has 0 heterocycles. The Kier molecular flexibility index (Phi) is 4.67. The molecule has 1 aromatic rings. The first-order valence-electron chi connectivity index (χ1n) is 5.61. The highest BCUT2D eigenvalue weighted by molar-refractivity contribution is 6.35. The summed E-state index contributed by atoms with van der Waals surface area (Å²) in [5.74, 6) is -1.73. The van der Waals surface area contributed by atoms with E-state index >= 15 is 0 Å². The molecule has 0 saturated carbocycles. The van der Waals surface area contributed by atoms with Gasteiger partial charge in [-0.3, -0.25) is 19.7 Å². The van der Waals surface area contributed by atoms with Crippen molar-refractivity contribution in [1.29, 1.82) is 0 Å². The van der Waals surface area contributed by atoms with Crippen LogP contribution >= 0.6 is 11.6 Å². The molecule has 8 heteroatoms. The molecular weight excluding hydrogens is 288 g/mol. The summed E-state index contributed by atoms with van der Waals surface area (Å²) in [7, 11) is 0. The molecule has 0 aliphatic carbocycles. The normalized spacial score (nSPS) is 10.9. The third-order valence-electron chi connectivity index (χ3n) is 2.69. The molecule has 7 nitrogen and oxygen atoms in total. The van der Waals surface area contributed by atoms with Gasteiger partial charge in [0.1, 0.15) is 5.02 Å². The van der Waals surface area contributed by atoms with Crippen LogP contribution in [0.3, 0.4) is 0 Å². The van der Waals surface area contributed by atoms with E-state index in [-0.39, 0.29) is 22.8 Å². The molecule has 1 aromatic carbocycles. The van der Waals surface area contributed by atoms with Gasteiger partial charge in [-0.1, -0.05) is 17.7 Å². The van der Waals surface area contributed by atoms with Gasteiger partial charge in [0.15, 0.2) is 0 Å². The number of benzene rings is 1. The van der Waals surface area contributed by atoms with Crippen molar-refractivity contribution in [3.63, 3.8) is 0 Å². The van der Waals surface area contributed by atoms with Gasteiger partial charge in [0.2, 0.25) is 0 Å². The minimum absolute atomic E-state index is 0.0675. The van der Waals surface area contributed by atoms with E-state index < -0.39 is 22.2 Å². The zero-order valence-electron chi connectivity index (χ0n) is 10.8. The standard InChI is InChI=1S/C12H13ClN2O5/c1-12(2,11(17)18)6-14-10(16)7-4-3-5-8(9(7)13)15(19)20/h3-5H,6H2,1-2H3,(H,14,16)(H,17,18). The van der Waals surface area contributed by atoms with E-state index in [0.29, 0.717) is 0 Å². The third kappa shape index (κ3) is 3.45. The number of nitrogens with zero attached hydrogens (tertiary/aromatic N) is 1. The molecule has 0 aromatic heterocycles. The van der Waals surface area contributed by atoms with Crippen LogP contribution in [0.5, 0.6) is 0 Å². The van der Waals surface area contributed by atoms with Gasteiger partial charge < -0.3 is 10.4 Å². The third-order valence-corrected chi connectivity index (χ3v) is 3.09. The highest BCUT2D eigenvalue weighted by Gasteiger charge is 2.28. The Labute approximate surface area is 119 Å². The van der Waals surface area contributed by atoms with Crippen molar-refractivity contribution in [2.75, 3.05) is 6.54 Å². The predicted molar refractivity (Wildman–Crippen MR) is 71.9 cm³/mol. The van der Waals surface area contributed by atoms with Crippen molar-refractivity contribution in [2.45, 2.75) is 13.8 Å². The van der Waals surface area contributed by atoms with Crippen LogP contribution in [0.15, 0.2) is 18.2 Å². The molecule has 0 aliphatic rings. The van der Waals surface area contributed by atoms with E-state index in [1.165, 1.54) is 32.0 Å². The van der Waals surface area contributed by atoms with E-state index in [0.717, 1.165) is 0 Å². The van der Waals surface area contributed by atoms with Crippen molar-refractivity contribution in [3.8, 4) is 0 Å². The molecule has 0 saturated heterocycles. The molecular formula is C12H13ClN2O5. The fourth-order valence-corrected chi connectivity index (χ4v) is 1.59. The Bertz CT molecular complexity index is 571. The Balaban J connectivity index is 2.92. The van der Waals surface area contributed by atoms with Gasteiger partial charge in [-0.15, -0.1) is 0 Å². The van der Waals surface area contributed by atoms with Crippen LogP contribution in [0.1, 0.15) is 24.2 Å². The lowest BCUT2D eigenvalue weighted by Crippen LogP contribution is -2.39. The minimum atomic E-state index is -1.15. The van der Waals surface area contributed by atoms with Crippen molar-refractivity contribution < 1.29 is 19.6 Å². The van der Waals surface area contributed by atoms with Gasteiger partial charge in [-0.25, -0.2) is 0 Å². The van der Waals surface area contributed by atoms with Gasteiger partial charge in [0.05, 0.1) is 15.9 Å². The van der Waals surface area contributed by atoms with Gasteiger partial charge >= 0.3 is 5.97 Å². The molecule has 0 atom stereocenters. The monoisotopic (exact) mass is 300 g/mol. The lowest BCUT2D eigenvalue weighted by atomic mass is 9.94. The van der Waals surface area contributed by atoms with Crippen LogP contribution in [-0.4, -0.2) is 28.5 Å². The van der Waals surface area contributed by atoms with Crippen LogP contribution in [0, 0.1) is 15.5 Å². The Morgan fingerprint density at radius 2 is 2.05 bits per heavy atom. The smallest absolute Gasteiger partial charge is 0.310 e. The fraction of sp³-hybridized carbons (Fsp3) is 0.333. The number of carboxylic acids is 1. The molecule has 0 fully saturated rings. The molecule has 1 amide bonds. The number of rotatable bonds is 5. The van der Waals surface area contributed by atoms with Crippen molar-refractivity contribution in [3.05, 3.63) is 38.9 Å². The average molecular weight is 301 g/mol. The molecule has 0 unspecified atom stereocenters. The van der Waals surface area contributed by atoms with Gasteiger partial charge in [0, 0.05) is 12.6 Å². The quantitative estimate of drug-likeness (QED) is 0.639. The second-order valence-electron chi connectivity index (χ2n) is 4.77. The van der Waals surface area contributed by atoms with Crippen LogP contribution in [0.2, 0.25) is 5.02 Å². The first-order valence-corrected chi connectivity index (χ1v) is 5.99. The number of aliphatic carboxylic acids is 1. The molecule has 20 heavy (non-hydrogen) atoms. The molecule has 0 bridgehead atoms. The summed E-state index contributed by atoms with van der Waals surface area (Å²) in [6.45, 7) is 2.77. The number of amides is 1. The number of carbonyl (C=O) groups excluding carboxylic acids is 1. The maximum atomic E-state index is 11.9. The maximum absolute atomic E-state index is 11.9. The van der Waals surface area contributed by atoms with Gasteiger partial charge in [-0.2, -0.15) is 0 Å². The van der Waals surface area contributed by atoms with Crippen LogP contribution in [0.4, 0.5) is 5.69 Å². The first kappa shape index (κ1) is 15.9. The Hall–Kier alpha value is -2.15. The highest BCUT2D eigenvalue weighted by Crippen LogP contribution is 2.27. The van der Waals surface area contributed by atoms with Gasteiger partial charge in [0.25, 0.3) is 11.6 Å². The Morgan fingerprint density at radius 1 is 1.45 bits per heavy atom. The van der Waals surface area contributed by atoms with Crippen molar-refractivity contribution in [1.82, 2.24) is 5.32 Å². The Morgan fingerprint density at radius 3 is 2.55 bits per heavy atom. The molecule has 2 N–H and O–H groups in total. The zero-order chi connectivity index (χ0) is 15.5. The van der Waals surface area contributed by atoms with E-state index in [4.69, 9.17) is 16.7 Å². The van der Waals surface area contributed by atoms with Crippen LogP contribution in [-0.2, 0) is 4.79 Å². The molecule has 108 valence electrons. The largest absolute Gasteiger partial charge is 0.481 e. The van der Waals surface area contributed by atoms with Crippen molar-refractivity contribution in [2.24, 2.45) is 5.41 Å². The number of hydrogen-bond acceptors (Lipinski definition) is 4. The number of nitro benzene ring substituents is 1. The molecule has 0 aliphatic heterocycles. The van der Waals surface area contributed by atoms with Crippen LogP contribution in [0.25, 0.3) is 0 Å². The minimum Gasteiger partial charge on any atom is -0.481 e. The SMILES string of the molecule is CC(C)(CNC(=O)c1cccc([N+](=O)[O-])c1Cl)C(=O)O. The summed E-state index contributed by atoms with van der Waals surface area (Å²) < 4.78 is 0. The number of carbonyl (C=O) groups is 2. The fourth-order valence-electron chi connectivity index (χ4n) is 1.31. The number of nitro groups is 1. The molecule has 1 rings (SSSR count). The summed E-state index contributed by atoms with van der Waals surface area (Å²) in [6.07, 6.45) is 0. The van der Waals surface area contributed by atoms with E-state index in [1.807, 2.05) is 0 Å². The summed E-state index contributed by atoms with van der Waals surface area (Å²) in [5, 5.41) is 21.8. The second-order valence-corrected chi connectivity index (χ2v) is 5.15. The lowest BCUT2D eigenvalue weighted by molar-refractivity contribution is -0.384. The lowest BCUT2D eigenvalue weighted by Gasteiger charge is -2.19.